The summed E-state index contributed by atoms with van der Waals surface area (Å²) in [7, 11) is 0. The first-order chi connectivity index (χ1) is 12.7. The van der Waals surface area contributed by atoms with Gasteiger partial charge in [0.25, 0.3) is 5.91 Å². The summed E-state index contributed by atoms with van der Waals surface area (Å²) >= 11 is 0. The Labute approximate surface area is 160 Å². The molecule has 7 nitrogen and oxygen atoms in total. The van der Waals surface area contributed by atoms with E-state index in [2.05, 4.69) is 10.6 Å². The molecule has 0 aromatic heterocycles. The maximum Gasteiger partial charge on any atom is 0.319 e. The van der Waals surface area contributed by atoms with E-state index in [4.69, 9.17) is 5.11 Å². The van der Waals surface area contributed by atoms with Crippen molar-refractivity contribution in [3.63, 3.8) is 0 Å². The van der Waals surface area contributed by atoms with Gasteiger partial charge >= 0.3 is 12.0 Å². The van der Waals surface area contributed by atoms with Gasteiger partial charge in [0.15, 0.2) is 0 Å². The minimum atomic E-state index is -0.898. The molecule has 0 aliphatic carbocycles. The van der Waals surface area contributed by atoms with Gasteiger partial charge in [-0.1, -0.05) is 6.07 Å². The molecule has 0 saturated carbocycles. The molecule has 7 heteroatoms. The normalized spacial score (nSPS) is 14.6. The molecule has 0 unspecified atom stereocenters. The number of urea groups is 1. The van der Waals surface area contributed by atoms with Crippen molar-refractivity contribution in [2.24, 2.45) is 0 Å². The molecule has 27 heavy (non-hydrogen) atoms. The Kier molecular flexibility index (Phi) is 6.82. The number of nitrogens with one attached hydrogen (secondary N) is 2. The van der Waals surface area contributed by atoms with Gasteiger partial charge in [-0.05, 0) is 64.2 Å². The topological polar surface area (TPSA) is 98.7 Å². The average Bonchev–Trinajstić information content (AvgIpc) is 2.61. The Balaban J connectivity index is 2.03. The monoisotopic (exact) mass is 375 g/mol. The molecular weight excluding hydrogens is 346 g/mol. The smallest absolute Gasteiger partial charge is 0.319 e. The zero-order chi connectivity index (χ0) is 20.0. The minimum absolute atomic E-state index is 0.00181. The molecule has 1 saturated heterocycles. The molecule has 0 radical (unpaired) electrons. The predicted octanol–water partition coefficient (Wildman–Crippen LogP) is 3.39. The van der Waals surface area contributed by atoms with Gasteiger partial charge < -0.3 is 20.6 Å². The highest BCUT2D eigenvalue weighted by Crippen LogP contribution is 2.20. The van der Waals surface area contributed by atoms with Crippen molar-refractivity contribution in [3.05, 3.63) is 29.3 Å². The molecule has 148 valence electrons. The van der Waals surface area contributed by atoms with E-state index < -0.39 is 17.5 Å². The van der Waals surface area contributed by atoms with Crippen molar-refractivity contribution in [1.82, 2.24) is 10.2 Å². The first kappa shape index (κ1) is 20.7. The lowest BCUT2D eigenvalue weighted by Gasteiger charge is -2.28. The van der Waals surface area contributed by atoms with Crippen LogP contribution >= 0.6 is 0 Å². The van der Waals surface area contributed by atoms with Gasteiger partial charge in [-0.15, -0.1) is 0 Å². The Morgan fingerprint density at radius 3 is 2.44 bits per heavy atom. The van der Waals surface area contributed by atoms with Gasteiger partial charge in [0, 0.05) is 36.3 Å². The van der Waals surface area contributed by atoms with Crippen molar-refractivity contribution in [1.29, 1.82) is 0 Å². The lowest BCUT2D eigenvalue weighted by atomic mass is 9.99. The SMILES string of the molecule is Cc1ccc(NC(=O)NC(C)(C)CCC(=O)O)cc1C(=O)N1CCCCC1. The first-order valence-electron chi connectivity index (χ1n) is 9.39. The quantitative estimate of drug-likeness (QED) is 0.710. The standard InChI is InChI=1S/C20H29N3O4/c1-14-7-8-15(13-16(14)18(26)23-11-5-4-6-12-23)21-19(27)22-20(2,3)10-9-17(24)25/h7-8,13H,4-6,9-12H2,1-3H3,(H,24,25)(H2,21,22,27). The fourth-order valence-corrected chi connectivity index (χ4v) is 3.15. The molecule has 2 rings (SSSR count). The van der Waals surface area contributed by atoms with Crippen LogP contribution in [0.3, 0.4) is 0 Å². The van der Waals surface area contributed by atoms with E-state index >= 15 is 0 Å². The van der Waals surface area contributed by atoms with Crippen LogP contribution in [0.15, 0.2) is 18.2 Å². The van der Waals surface area contributed by atoms with Crippen LogP contribution in [0.25, 0.3) is 0 Å². The van der Waals surface area contributed by atoms with Crippen molar-refractivity contribution in [2.45, 2.75) is 58.4 Å². The summed E-state index contributed by atoms with van der Waals surface area (Å²) in [5, 5.41) is 14.3. The third kappa shape index (κ3) is 6.27. The summed E-state index contributed by atoms with van der Waals surface area (Å²) in [6.07, 6.45) is 3.50. The van der Waals surface area contributed by atoms with Gasteiger partial charge in [0.1, 0.15) is 0 Å². The Hall–Kier alpha value is -2.57. The van der Waals surface area contributed by atoms with Crippen LogP contribution in [-0.4, -0.2) is 46.5 Å². The molecule has 1 aliphatic heterocycles. The maximum absolute atomic E-state index is 12.8. The van der Waals surface area contributed by atoms with Crippen molar-refractivity contribution < 1.29 is 19.5 Å². The second kappa shape index (κ2) is 8.88. The molecule has 1 fully saturated rings. The number of carboxylic acid groups (broad SMARTS) is 1. The number of hydrogen-bond donors (Lipinski definition) is 3. The number of hydrogen-bond acceptors (Lipinski definition) is 3. The number of nitrogens with zero attached hydrogens (tertiary/aromatic N) is 1. The first-order valence-corrected chi connectivity index (χ1v) is 9.39. The van der Waals surface area contributed by atoms with Gasteiger partial charge in [-0.3, -0.25) is 9.59 Å². The number of amides is 3. The molecule has 1 aliphatic rings. The lowest BCUT2D eigenvalue weighted by Crippen LogP contribution is -2.45. The van der Waals surface area contributed by atoms with Crippen LogP contribution in [0.2, 0.25) is 0 Å². The average molecular weight is 375 g/mol. The minimum Gasteiger partial charge on any atom is -0.481 e. The van der Waals surface area contributed by atoms with Gasteiger partial charge in [-0.2, -0.15) is 0 Å². The highest BCUT2D eigenvalue weighted by atomic mass is 16.4. The maximum atomic E-state index is 12.8. The number of piperidine rings is 1. The Bertz CT molecular complexity index is 709. The fourth-order valence-electron chi connectivity index (χ4n) is 3.15. The predicted molar refractivity (Wildman–Crippen MR) is 104 cm³/mol. The van der Waals surface area contributed by atoms with E-state index in [0.29, 0.717) is 17.7 Å². The van der Waals surface area contributed by atoms with Crippen molar-refractivity contribution in [2.75, 3.05) is 18.4 Å². The fraction of sp³-hybridized carbons (Fsp3) is 0.550. The van der Waals surface area contributed by atoms with Crippen LogP contribution in [0.5, 0.6) is 0 Å². The highest BCUT2D eigenvalue weighted by Gasteiger charge is 2.23. The Morgan fingerprint density at radius 1 is 1.15 bits per heavy atom. The summed E-state index contributed by atoms with van der Waals surface area (Å²) < 4.78 is 0. The number of carboxylic acids is 1. The highest BCUT2D eigenvalue weighted by molar-refractivity contribution is 5.98. The van der Waals surface area contributed by atoms with E-state index in [9.17, 15) is 14.4 Å². The van der Waals surface area contributed by atoms with E-state index in [0.717, 1.165) is 37.9 Å². The summed E-state index contributed by atoms with van der Waals surface area (Å²) in [6.45, 7) is 6.98. The molecule has 0 spiro atoms. The summed E-state index contributed by atoms with van der Waals surface area (Å²) in [6, 6.07) is 4.86. The summed E-state index contributed by atoms with van der Waals surface area (Å²) in [5.41, 5.74) is 1.35. The molecule has 1 aromatic rings. The van der Waals surface area contributed by atoms with Crippen molar-refractivity contribution >= 4 is 23.6 Å². The zero-order valence-corrected chi connectivity index (χ0v) is 16.3. The molecular formula is C20H29N3O4. The van der Waals surface area contributed by atoms with E-state index in [1.165, 1.54) is 0 Å². The molecule has 1 heterocycles. The number of likely N-dealkylation sites (tertiary alicyclic amines) is 1. The molecule has 0 bridgehead atoms. The van der Waals surface area contributed by atoms with E-state index in [1.54, 1.807) is 26.0 Å². The van der Waals surface area contributed by atoms with E-state index in [-0.39, 0.29) is 12.3 Å². The zero-order valence-electron chi connectivity index (χ0n) is 16.3. The van der Waals surface area contributed by atoms with Gasteiger partial charge in [0.05, 0.1) is 0 Å². The molecule has 3 amide bonds. The van der Waals surface area contributed by atoms with Gasteiger partial charge in [0.2, 0.25) is 0 Å². The second-order valence-electron chi connectivity index (χ2n) is 7.74. The summed E-state index contributed by atoms with van der Waals surface area (Å²) in [4.78, 5) is 37.6. The second-order valence-corrected chi connectivity index (χ2v) is 7.74. The Morgan fingerprint density at radius 2 is 1.81 bits per heavy atom. The van der Waals surface area contributed by atoms with E-state index in [1.807, 2.05) is 17.9 Å². The van der Waals surface area contributed by atoms with Crippen LogP contribution in [0.1, 0.15) is 61.9 Å². The summed E-state index contributed by atoms with van der Waals surface area (Å²) in [5.74, 6) is -0.900. The number of aliphatic carboxylic acids is 1. The lowest BCUT2D eigenvalue weighted by molar-refractivity contribution is -0.137. The number of rotatable bonds is 6. The molecule has 1 aromatic carbocycles. The largest absolute Gasteiger partial charge is 0.481 e. The van der Waals surface area contributed by atoms with Crippen LogP contribution in [-0.2, 0) is 4.79 Å². The molecule has 3 N–H and O–H groups in total. The number of carbonyl (C=O) groups excluding carboxylic acids is 2. The number of carbonyl (C=O) groups is 3. The number of anilines is 1. The third-order valence-electron chi connectivity index (χ3n) is 4.78. The van der Waals surface area contributed by atoms with Crippen LogP contribution in [0.4, 0.5) is 10.5 Å². The number of aryl methyl sites for hydroxylation is 1. The molecule has 0 atom stereocenters. The van der Waals surface area contributed by atoms with Crippen LogP contribution < -0.4 is 10.6 Å². The van der Waals surface area contributed by atoms with Gasteiger partial charge in [-0.25, -0.2) is 4.79 Å². The van der Waals surface area contributed by atoms with Crippen molar-refractivity contribution in [3.8, 4) is 0 Å². The number of benzene rings is 1. The van der Waals surface area contributed by atoms with Crippen LogP contribution in [0, 0.1) is 6.92 Å². The third-order valence-corrected chi connectivity index (χ3v) is 4.78.